The monoisotopic (exact) mass is 307 g/mol. The van der Waals surface area contributed by atoms with Gasteiger partial charge in [-0.1, -0.05) is 0 Å². The Balaban J connectivity index is 2.84. The van der Waals surface area contributed by atoms with Crippen molar-refractivity contribution < 1.29 is 27.5 Å². The Hall–Kier alpha value is -1.15. The van der Waals surface area contributed by atoms with E-state index >= 15 is 0 Å². The zero-order valence-corrected chi connectivity index (χ0v) is 13.0. The van der Waals surface area contributed by atoms with E-state index in [1.807, 2.05) is 0 Å². The normalized spacial score (nSPS) is 20.7. The lowest BCUT2D eigenvalue weighted by Gasteiger charge is -2.26. The summed E-state index contributed by atoms with van der Waals surface area (Å²) in [6, 6.07) is -0.858. The molecule has 0 spiro atoms. The Morgan fingerprint density at radius 3 is 2.40 bits per heavy atom. The summed E-state index contributed by atoms with van der Waals surface area (Å²) in [5, 5.41) is 0. The van der Waals surface area contributed by atoms with Crippen LogP contribution in [0.15, 0.2) is 0 Å². The molecule has 0 N–H and O–H groups in total. The number of carbonyl (C=O) groups excluding carboxylic acids is 2. The maximum absolute atomic E-state index is 12.1. The third-order valence-electron chi connectivity index (χ3n) is 2.77. The summed E-state index contributed by atoms with van der Waals surface area (Å²) in [5.41, 5.74) is -0.683. The third-order valence-corrected chi connectivity index (χ3v) is 4.52. The van der Waals surface area contributed by atoms with Crippen LogP contribution in [0.25, 0.3) is 0 Å². The largest absolute Gasteiger partial charge is 0.468 e. The Morgan fingerprint density at radius 2 is 1.90 bits per heavy atom. The van der Waals surface area contributed by atoms with Crippen LogP contribution in [-0.2, 0) is 29.1 Å². The van der Waals surface area contributed by atoms with Gasteiger partial charge in [-0.05, 0) is 33.6 Å². The van der Waals surface area contributed by atoms with Gasteiger partial charge in [-0.2, -0.15) is 4.31 Å². The van der Waals surface area contributed by atoms with E-state index in [2.05, 4.69) is 4.74 Å². The molecule has 1 saturated heterocycles. The van der Waals surface area contributed by atoms with E-state index in [0.717, 1.165) is 11.4 Å². The smallest absolute Gasteiger partial charge is 0.324 e. The van der Waals surface area contributed by atoms with Gasteiger partial charge >= 0.3 is 11.9 Å². The molecule has 1 fully saturated rings. The third kappa shape index (κ3) is 4.45. The number of ether oxygens (including phenoxy) is 2. The molecular formula is C12H21NO6S. The predicted molar refractivity (Wildman–Crippen MR) is 71.4 cm³/mol. The highest BCUT2D eigenvalue weighted by atomic mass is 32.2. The Bertz CT molecular complexity index is 479. The van der Waals surface area contributed by atoms with E-state index in [-0.39, 0.29) is 6.54 Å². The number of carbonyl (C=O) groups is 2. The van der Waals surface area contributed by atoms with Crippen LogP contribution in [0.5, 0.6) is 0 Å². The molecule has 1 atom stereocenters. The molecule has 1 aliphatic rings. The fourth-order valence-corrected chi connectivity index (χ4v) is 3.54. The maximum atomic E-state index is 12.1. The molecule has 0 aromatic rings. The molecule has 0 aliphatic carbocycles. The average Bonchev–Trinajstić information content (AvgIpc) is 2.75. The number of rotatable bonds is 4. The van der Waals surface area contributed by atoms with Crippen molar-refractivity contribution in [2.24, 2.45) is 0 Å². The Labute approximate surface area is 119 Å². The second-order valence-corrected chi connectivity index (χ2v) is 7.56. The highest BCUT2D eigenvalue weighted by Crippen LogP contribution is 2.24. The van der Waals surface area contributed by atoms with Crippen molar-refractivity contribution in [2.45, 2.75) is 45.3 Å². The number of hydrogen-bond donors (Lipinski definition) is 0. The minimum Gasteiger partial charge on any atom is -0.468 e. The van der Waals surface area contributed by atoms with E-state index in [0.29, 0.717) is 12.8 Å². The summed E-state index contributed by atoms with van der Waals surface area (Å²) in [4.78, 5) is 23.2. The molecule has 20 heavy (non-hydrogen) atoms. The zero-order chi connectivity index (χ0) is 15.6. The van der Waals surface area contributed by atoms with Gasteiger partial charge in [0, 0.05) is 6.54 Å². The SMILES string of the molecule is COC(=O)CS(=O)(=O)N1CCC[C@H]1C(=O)OC(C)(C)C. The van der Waals surface area contributed by atoms with E-state index < -0.39 is 39.4 Å². The summed E-state index contributed by atoms with van der Waals surface area (Å²) >= 11 is 0. The van der Waals surface area contributed by atoms with Crippen molar-refractivity contribution in [1.82, 2.24) is 4.31 Å². The van der Waals surface area contributed by atoms with Crippen LogP contribution >= 0.6 is 0 Å². The molecule has 0 radical (unpaired) electrons. The van der Waals surface area contributed by atoms with Gasteiger partial charge in [0.15, 0.2) is 5.75 Å². The van der Waals surface area contributed by atoms with Gasteiger partial charge in [-0.15, -0.1) is 0 Å². The highest BCUT2D eigenvalue weighted by Gasteiger charge is 2.41. The summed E-state index contributed by atoms with van der Waals surface area (Å²) in [7, 11) is -2.74. The highest BCUT2D eigenvalue weighted by molar-refractivity contribution is 7.89. The molecule has 1 aliphatic heterocycles. The van der Waals surface area contributed by atoms with E-state index in [9.17, 15) is 18.0 Å². The van der Waals surface area contributed by atoms with Gasteiger partial charge in [0.05, 0.1) is 7.11 Å². The molecule has 0 amide bonds. The van der Waals surface area contributed by atoms with Crippen molar-refractivity contribution in [3.05, 3.63) is 0 Å². The summed E-state index contributed by atoms with van der Waals surface area (Å²) in [6.45, 7) is 5.36. The van der Waals surface area contributed by atoms with Crippen molar-refractivity contribution in [3.63, 3.8) is 0 Å². The minimum atomic E-state index is -3.86. The number of sulfonamides is 1. The van der Waals surface area contributed by atoms with Gasteiger partial charge in [0.25, 0.3) is 0 Å². The molecule has 0 aromatic carbocycles. The molecule has 0 saturated carbocycles. The second kappa shape index (κ2) is 6.09. The lowest BCUT2D eigenvalue weighted by atomic mass is 10.2. The standard InChI is InChI=1S/C12H21NO6S/c1-12(2,3)19-11(15)9-6-5-7-13(9)20(16,17)8-10(14)18-4/h9H,5-8H2,1-4H3/t9-/m0/s1. The number of hydrogen-bond acceptors (Lipinski definition) is 6. The predicted octanol–water partition coefficient (Wildman–Crippen LogP) is 0.295. The topological polar surface area (TPSA) is 90.0 Å². The summed E-state index contributed by atoms with van der Waals surface area (Å²) in [6.07, 6.45) is 0.958. The van der Waals surface area contributed by atoms with Crippen molar-refractivity contribution >= 4 is 22.0 Å². The van der Waals surface area contributed by atoms with Crippen LogP contribution in [0, 0.1) is 0 Å². The van der Waals surface area contributed by atoms with Crippen LogP contribution in [0.4, 0.5) is 0 Å². The molecule has 0 aromatic heterocycles. The second-order valence-electron chi connectivity index (χ2n) is 5.63. The maximum Gasteiger partial charge on any atom is 0.324 e. The quantitative estimate of drug-likeness (QED) is 0.694. The molecular weight excluding hydrogens is 286 g/mol. The molecule has 0 bridgehead atoms. The van der Waals surface area contributed by atoms with Gasteiger partial charge in [-0.3, -0.25) is 9.59 Å². The van der Waals surface area contributed by atoms with Gasteiger partial charge in [0.1, 0.15) is 11.6 Å². The van der Waals surface area contributed by atoms with Crippen molar-refractivity contribution in [2.75, 3.05) is 19.4 Å². The van der Waals surface area contributed by atoms with Crippen LogP contribution < -0.4 is 0 Å². The van der Waals surface area contributed by atoms with Gasteiger partial charge in [-0.25, -0.2) is 8.42 Å². The van der Waals surface area contributed by atoms with E-state index in [1.54, 1.807) is 20.8 Å². The molecule has 1 rings (SSSR count). The first-order valence-corrected chi connectivity index (χ1v) is 7.97. The van der Waals surface area contributed by atoms with Crippen LogP contribution in [0.3, 0.4) is 0 Å². The number of methoxy groups -OCH3 is 1. The Kier molecular flexibility index (Phi) is 5.15. The van der Waals surface area contributed by atoms with Crippen LogP contribution in [0.1, 0.15) is 33.6 Å². The summed E-state index contributed by atoms with van der Waals surface area (Å²) < 4.78 is 34.8. The van der Waals surface area contributed by atoms with Gasteiger partial charge < -0.3 is 9.47 Å². The summed E-state index contributed by atoms with van der Waals surface area (Å²) in [5.74, 6) is -2.19. The van der Waals surface area contributed by atoms with Crippen molar-refractivity contribution in [3.8, 4) is 0 Å². The van der Waals surface area contributed by atoms with Crippen LogP contribution in [-0.4, -0.2) is 55.7 Å². The molecule has 1 heterocycles. The zero-order valence-electron chi connectivity index (χ0n) is 12.2. The first-order chi connectivity index (χ1) is 9.07. The first kappa shape index (κ1) is 16.9. The van der Waals surface area contributed by atoms with Crippen molar-refractivity contribution in [1.29, 1.82) is 0 Å². The average molecular weight is 307 g/mol. The number of esters is 2. The first-order valence-electron chi connectivity index (χ1n) is 6.36. The Morgan fingerprint density at radius 1 is 1.30 bits per heavy atom. The molecule has 7 nitrogen and oxygen atoms in total. The minimum absolute atomic E-state index is 0.212. The van der Waals surface area contributed by atoms with E-state index in [1.165, 1.54) is 0 Å². The van der Waals surface area contributed by atoms with E-state index in [4.69, 9.17) is 4.74 Å². The van der Waals surface area contributed by atoms with Crippen LogP contribution in [0.2, 0.25) is 0 Å². The lowest BCUT2D eigenvalue weighted by molar-refractivity contribution is -0.158. The number of nitrogens with zero attached hydrogens (tertiary/aromatic N) is 1. The molecule has 0 unspecified atom stereocenters. The lowest BCUT2D eigenvalue weighted by Crippen LogP contribution is -2.45. The fraction of sp³-hybridized carbons (Fsp3) is 0.833. The molecule has 116 valence electrons. The fourth-order valence-electron chi connectivity index (χ4n) is 1.97. The molecule has 8 heteroatoms. The van der Waals surface area contributed by atoms with Gasteiger partial charge in [0.2, 0.25) is 10.0 Å².